The number of nitrogens with one attached hydrogen (secondary N) is 1. The van der Waals surface area contributed by atoms with E-state index in [1.54, 1.807) is 30.3 Å². The first-order valence-corrected chi connectivity index (χ1v) is 8.06. The van der Waals surface area contributed by atoms with Crippen molar-refractivity contribution in [2.24, 2.45) is 0 Å². The fraction of sp³-hybridized carbons (Fsp3) is 0.333. The SMILES string of the molecule is CC(=O)S[C@@H]1[C@H](NC(=O)COc2ccccc2)C(=O)N1C(O)C(=O)O. The van der Waals surface area contributed by atoms with E-state index in [-0.39, 0.29) is 11.7 Å². The Balaban J connectivity index is 1.97. The summed E-state index contributed by atoms with van der Waals surface area (Å²) in [6, 6.07) is 7.43. The lowest BCUT2D eigenvalue weighted by atomic mass is 10.1. The van der Waals surface area contributed by atoms with Crippen molar-refractivity contribution in [3.8, 4) is 5.75 Å². The van der Waals surface area contributed by atoms with E-state index < -0.39 is 35.4 Å². The monoisotopic (exact) mass is 368 g/mol. The average Bonchev–Trinajstić information content (AvgIpc) is 2.57. The molecule has 2 rings (SSSR count). The molecule has 134 valence electrons. The third kappa shape index (κ3) is 4.48. The first-order valence-electron chi connectivity index (χ1n) is 7.18. The van der Waals surface area contributed by atoms with Crippen molar-refractivity contribution in [2.45, 2.75) is 24.6 Å². The van der Waals surface area contributed by atoms with Gasteiger partial charge < -0.3 is 20.3 Å². The average molecular weight is 368 g/mol. The van der Waals surface area contributed by atoms with Crippen molar-refractivity contribution < 1.29 is 34.1 Å². The molecular formula is C15H16N2O7S. The number of aliphatic hydroxyl groups excluding tert-OH is 1. The molecular weight excluding hydrogens is 352 g/mol. The fourth-order valence-corrected chi connectivity index (χ4v) is 3.17. The molecule has 1 unspecified atom stereocenters. The van der Waals surface area contributed by atoms with Crippen molar-refractivity contribution in [3.05, 3.63) is 30.3 Å². The number of β-lactam (4-membered cyclic amide) rings is 1. The summed E-state index contributed by atoms with van der Waals surface area (Å²) >= 11 is 0.651. The highest BCUT2D eigenvalue weighted by molar-refractivity contribution is 8.14. The van der Waals surface area contributed by atoms with E-state index in [0.29, 0.717) is 22.4 Å². The van der Waals surface area contributed by atoms with Gasteiger partial charge in [0.15, 0.2) is 11.7 Å². The maximum atomic E-state index is 12.0. The number of carboxylic acid groups (broad SMARTS) is 1. The normalized spacial score (nSPS) is 20.4. The Morgan fingerprint density at radius 3 is 2.52 bits per heavy atom. The first kappa shape index (κ1) is 18.7. The lowest BCUT2D eigenvalue weighted by molar-refractivity contribution is -0.178. The number of aliphatic carboxylic acids is 1. The zero-order chi connectivity index (χ0) is 18.6. The largest absolute Gasteiger partial charge is 0.484 e. The van der Waals surface area contributed by atoms with Gasteiger partial charge in [-0.3, -0.25) is 19.3 Å². The van der Waals surface area contributed by atoms with E-state index in [1.165, 1.54) is 6.92 Å². The summed E-state index contributed by atoms with van der Waals surface area (Å²) in [7, 11) is 0. The van der Waals surface area contributed by atoms with Crippen molar-refractivity contribution in [1.29, 1.82) is 0 Å². The number of hydrogen-bond donors (Lipinski definition) is 3. The quantitative estimate of drug-likeness (QED) is 0.544. The Morgan fingerprint density at radius 1 is 1.32 bits per heavy atom. The van der Waals surface area contributed by atoms with E-state index in [9.17, 15) is 24.3 Å². The van der Waals surface area contributed by atoms with Gasteiger partial charge in [0, 0.05) is 6.92 Å². The molecule has 10 heteroatoms. The van der Waals surface area contributed by atoms with E-state index >= 15 is 0 Å². The topological polar surface area (TPSA) is 133 Å². The van der Waals surface area contributed by atoms with E-state index in [0.717, 1.165) is 0 Å². The maximum Gasteiger partial charge on any atom is 0.354 e. The highest BCUT2D eigenvalue weighted by Gasteiger charge is 2.53. The van der Waals surface area contributed by atoms with Crippen LogP contribution < -0.4 is 10.1 Å². The Labute approximate surface area is 146 Å². The number of nitrogens with zero attached hydrogens (tertiary/aromatic N) is 1. The summed E-state index contributed by atoms with van der Waals surface area (Å²) in [6.45, 7) is 0.878. The molecule has 3 N–H and O–H groups in total. The lowest BCUT2D eigenvalue weighted by Gasteiger charge is -2.46. The molecule has 0 saturated carbocycles. The van der Waals surface area contributed by atoms with Crippen molar-refractivity contribution in [3.63, 3.8) is 0 Å². The van der Waals surface area contributed by atoms with Gasteiger partial charge in [0.2, 0.25) is 6.23 Å². The molecule has 1 aromatic rings. The molecule has 1 saturated heterocycles. The Bertz CT molecular complexity index is 682. The molecule has 0 spiro atoms. The standard InChI is InChI=1S/C15H16N2O7S/c1-8(18)25-14-11(12(20)17(14)13(21)15(22)23)16-10(19)7-24-9-5-3-2-4-6-9/h2-6,11,13-14,21H,7H2,1H3,(H,16,19)(H,22,23)/t11-,13?,14-/m1/s1. The predicted molar refractivity (Wildman–Crippen MR) is 86.4 cm³/mol. The molecule has 1 aromatic carbocycles. The van der Waals surface area contributed by atoms with Crippen LogP contribution in [0, 0.1) is 0 Å². The summed E-state index contributed by atoms with van der Waals surface area (Å²) in [5.41, 5.74) is 0. The number of carbonyl (C=O) groups is 4. The number of carbonyl (C=O) groups excluding carboxylic acids is 3. The van der Waals surface area contributed by atoms with Crippen LogP contribution in [0.3, 0.4) is 0 Å². The molecule has 2 amide bonds. The van der Waals surface area contributed by atoms with E-state index in [2.05, 4.69) is 5.32 Å². The number of thioether (sulfide) groups is 1. The highest BCUT2D eigenvalue weighted by Crippen LogP contribution is 2.32. The molecule has 1 aliphatic rings. The van der Waals surface area contributed by atoms with Crippen LogP contribution in [-0.4, -0.2) is 62.3 Å². The third-order valence-electron chi connectivity index (χ3n) is 3.28. The minimum atomic E-state index is -2.09. The summed E-state index contributed by atoms with van der Waals surface area (Å²) in [6.07, 6.45) is -2.09. The molecule has 0 bridgehead atoms. The number of likely N-dealkylation sites (tertiary alicyclic amines) is 1. The number of amides is 2. The summed E-state index contributed by atoms with van der Waals surface area (Å²) in [4.78, 5) is 46.7. The molecule has 9 nitrogen and oxygen atoms in total. The van der Waals surface area contributed by atoms with Crippen LogP contribution in [-0.2, 0) is 19.2 Å². The molecule has 0 aromatic heterocycles. The van der Waals surface area contributed by atoms with Gasteiger partial charge in [-0.25, -0.2) is 4.79 Å². The maximum absolute atomic E-state index is 12.0. The number of rotatable bonds is 7. The molecule has 1 fully saturated rings. The zero-order valence-corrected chi connectivity index (χ0v) is 13.9. The number of benzene rings is 1. The number of aliphatic hydroxyl groups is 1. The molecule has 1 aliphatic heterocycles. The van der Waals surface area contributed by atoms with Crippen LogP contribution in [0.2, 0.25) is 0 Å². The van der Waals surface area contributed by atoms with Gasteiger partial charge in [-0.05, 0) is 12.1 Å². The van der Waals surface area contributed by atoms with E-state index in [4.69, 9.17) is 9.84 Å². The molecule has 3 atom stereocenters. The number of hydrogen-bond acceptors (Lipinski definition) is 7. The van der Waals surface area contributed by atoms with Gasteiger partial charge in [-0.15, -0.1) is 0 Å². The van der Waals surface area contributed by atoms with E-state index in [1.807, 2.05) is 0 Å². The number of para-hydroxylation sites is 1. The Hall–Kier alpha value is -2.59. The van der Waals surface area contributed by atoms with Crippen LogP contribution >= 0.6 is 11.8 Å². The van der Waals surface area contributed by atoms with Crippen LogP contribution in [0.25, 0.3) is 0 Å². The summed E-state index contributed by atoms with van der Waals surface area (Å²) < 4.78 is 5.25. The predicted octanol–water partition coefficient (Wildman–Crippen LogP) is -0.599. The van der Waals surface area contributed by atoms with Crippen molar-refractivity contribution in [2.75, 3.05) is 6.61 Å². The van der Waals surface area contributed by atoms with Crippen LogP contribution in [0.4, 0.5) is 0 Å². The smallest absolute Gasteiger partial charge is 0.354 e. The van der Waals surface area contributed by atoms with Gasteiger partial charge >= 0.3 is 5.97 Å². The fourth-order valence-electron chi connectivity index (χ4n) is 2.17. The lowest BCUT2D eigenvalue weighted by Crippen LogP contribution is -2.73. The molecule has 25 heavy (non-hydrogen) atoms. The van der Waals surface area contributed by atoms with Gasteiger partial charge in [0.05, 0.1) is 0 Å². The minimum absolute atomic E-state index is 0.354. The van der Waals surface area contributed by atoms with Crippen LogP contribution in [0.1, 0.15) is 6.92 Å². The second kappa shape index (κ2) is 7.99. The Kier molecular flexibility index (Phi) is 5.99. The molecule has 1 heterocycles. The van der Waals surface area contributed by atoms with Gasteiger partial charge in [-0.1, -0.05) is 30.0 Å². The second-order valence-corrected chi connectivity index (χ2v) is 6.40. The minimum Gasteiger partial charge on any atom is -0.484 e. The van der Waals surface area contributed by atoms with Gasteiger partial charge in [0.1, 0.15) is 17.2 Å². The van der Waals surface area contributed by atoms with Crippen LogP contribution in [0.5, 0.6) is 5.75 Å². The van der Waals surface area contributed by atoms with Gasteiger partial charge in [-0.2, -0.15) is 0 Å². The van der Waals surface area contributed by atoms with Crippen molar-refractivity contribution in [1.82, 2.24) is 10.2 Å². The zero-order valence-electron chi connectivity index (χ0n) is 13.1. The number of carboxylic acids is 1. The third-order valence-corrected chi connectivity index (χ3v) is 4.35. The van der Waals surface area contributed by atoms with Crippen molar-refractivity contribution >= 4 is 34.7 Å². The summed E-state index contributed by atoms with van der Waals surface area (Å²) in [5, 5.41) is 19.4. The van der Waals surface area contributed by atoms with Gasteiger partial charge in [0.25, 0.3) is 11.8 Å². The number of ether oxygens (including phenoxy) is 1. The molecule has 0 aliphatic carbocycles. The summed E-state index contributed by atoms with van der Waals surface area (Å²) in [5.74, 6) is -2.56. The Morgan fingerprint density at radius 2 is 1.96 bits per heavy atom. The van der Waals surface area contributed by atoms with Crippen LogP contribution in [0.15, 0.2) is 30.3 Å². The molecule has 0 radical (unpaired) electrons. The second-order valence-electron chi connectivity index (χ2n) is 5.10. The highest BCUT2D eigenvalue weighted by atomic mass is 32.2. The first-order chi connectivity index (χ1) is 11.8.